The standard InChI is InChI=1S/C19H19ClFN3O3S2/c1-23(2)8-9-24(18(25)14-6-4-12(21)10-15(14)20)19-22-16-7-5-13(29(3,26)27)11-17(16)28-19/h4-7,10-11H,8-9H2,1-3H3. The molecule has 1 aromatic heterocycles. The van der Waals surface area contributed by atoms with E-state index in [9.17, 15) is 17.6 Å². The summed E-state index contributed by atoms with van der Waals surface area (Å²) in [6, 6.07) is 8.27. The van der Waals surface area contributed by atoms with Crippen molar-refractivity contribution in [2.75, 3.05) is 38.3 Å². The third-order valence-electron chi connectivity index (χ3n) is 4.19. The molecule has 0 unspecified atom stereocenters. The van der Waals surface area contributed by atoms with E-state index in [1.807, 2.05) is 19.0 Å². The highest BCUT2D eigenvalue weighted by Crippen LogP contribution is 2.32. The van der Waals surface area contributed by atoms with Crippen LogP contribution >= 0.6 is 22.9 Å². The fourth-order valence-corrected chi connectivity index (χ4v) is 4.63. The molecule has 10 heteroatoms. The SMILES string of the molecule is CN(C)CCN(C(=O)c1ccc(F)cc1Cl)c1nc2ccc(S(C)(=O)=O)cc2s1. The lowest BCUT2D eigenvalue weighted by atomic mass is 10.2. The lowest BCUT2D eigenvalue weighted by Gasteiger charge is -2.22. The van der Waals surface area contributed by atoms with Crippen LogP contribution in [-0.2, 0) is 9.84 Å². The topological polar surface area (TPSA) is 70.6 Å². The Morgan fingerprint density at radius 1 is 1.17 bits per heavy atom. The minimum Gasteiger partial charge on any atom is -0.308 e. The predicted molar refractivity (Wildman–Crippen MR) is 114 cm³/mol. The zero-order valence-corrected chi connectivity index (χ0v) is 18.4. The van der Waals surface area contributed by atoms with Gasteiger partial charge in [-0.05, 0) is 50.5 Å². The fourth-order valence-electron chi connectivity index (χ4n) is 2.63. The molecule has 0 aliphatic heterocycles. The van der Waals surface area contributed by atoms with Gasteiger partial charge in [-0.3, -0.25) is 9.69 Å². The van der Waals surface area contributed by atoms with E-state index in [4.69, 9.17) is 11.6 Å². The number of hydrogen-bond acceptors (Lipinski definition) is 6. The normalized spacial score (nSPS) is 11.9. The van der Waals surface area contributed by atoms with Crippen molar-refractivity contribution in [2.24, 2.45) is 0 Å². The summed E-state index contributed by atoms with van der Waals surface area (Å²) >= 11 is 7.30. The largest absolute Gasteiger partial charge is 0.308 e. The van der Waals surface area contributed by atoms with Crippen molar-refractivity contribution in [3.8, 4) is 0 Å². The third kappa shape index (κ3) is 4.92. The van der Waals surface area contributed by atoms with Crippen LogP contribution in [-0.4, -0.2) is 57.6 Å². The van der Waals surface area contributed by atoms with Crippen LogP contribution < -0.4 is 4.90 Å². The number of sulfone groups is 1. The van der Waals surface area contributed by atoms with Gasteiger partial charge in [0.2, 0.25) is 0 Å². The Balaban J connectivity index is 2.05. The molecular formula is C19H19ClFN3O3S2. The first-order chi connectivity index (χ1) is 13.6. The number of rotatable bonds is 6. The summed E-state index contributed by atoms with van der Waals surface area (Å²) in [6.45, 7) is 0.896. The second-order valence-corrected chi connectivity index (χ2v) is 10.2. The summed E-state index contributed by atoms with van der Waals surface area (Å²) in [5.41, 5.74) is 0.758. The van der Waals surface area contributed by atoms with Gasteiger partial charge in [0.1, 0.15) is 5.82 Å². The number of carbonyl (C=O) groups is 1. The molecule has 6 nitrogen and oxygen atoms in total. The van der Waals surface area contributed by atoms with Crippen molar-refractivity contribution in [3.05, 3.63) is 52.8 Å². The van der Waals surface area contributed by atoms with Crippen LogP contribution in [0.3, 0.4) is 0 Å². The number of aromatic nitrogens is 1. The molecule has 0 bridgehead atoms. The highest BCUT2D eigenvalue weighted by Gasteiger charge is 2.24. The van der Waals surface area contributed by atoms with Gasteiger partial charge >= 0.3 is 0 Å². The molecule has 0 spiro atoms. The van der Waals surface area contributed by atoms with Gasteiger partial charge in [0, 0.05) is 19.3 Å². The molecule has 0 aliphatic carbocycles. The Bertz CT molecular complexity index is 1180. The smallest absolute Gasteiger partial charge is 0.261 e. The van der Waals surface area contributed by atoms with Crippen LogP contribution in [0.2, 0.25) is 5.02 Å². The molecule has 3 rings (SSSR count). The molecule has 2 aromatic carbocycles. The number of anilines is 1. The lowest BCUT2D eigenvalue weighted by Crippen LogP contribution is -2.36. The summed E-state index contributed by atoms with van der Waals surface area (Å²) in [4.78, 5) is 21.2. The van der Waals surface area contributed by atoms with Crippen molar-refractivity contribution in [1.82, 2.24) is 9.88 Å². The molecule has 0 radical (unpaired) electrons. The Hall–Kier alpha value is -2.07. The monoisotopic (exact) mass is 455 g/mol. The van der Waals surface area contributed by atoms with Gasteiger partial charge in [0.05, 0.1) is 25.7 Å². The number of halogens is 2. The summed E-state index contributed by atoms with van der Waals surface area (Å²) in [6.07, 6.45) is 1.14. The Morgan fingerprint density at radius 3 is 2.52 bits per heavy atom. The molecule has 1 amide bonds. The molecule has 3 aromatic rings. The highest BCUT2D eigenvalue weighted by molar-refractivity contribution is 7.90. The molecule has 154 valence electrons. The van der Waals surface area contributed by atoms with E-state index in [0.29, 0.717) is 28.4 Å². The summed E-state index contributed by atoms with van der Waals surface area (Å²) in [7, 11) is 0.401. The minimum atomic E-state index is -3.36. The Labute approximate surface area is 177 Å². The number of benzene rings is 2. The van der Waals surface area contributed by atoms with E-state index in [1.165, 1.54) is 34.4 Å². The minimum absolute atomic E-state index is 0.0188. The fraction of sp³-hybridized carbons (Fsp3) is 0.263. The molecule has 1 heterocycles. The van der Waals surface area contributed by atoms with Gasteiger partial charge in [-0.15, -0.1) is 0 Å². The second-order valence-electron chi connectivity index (χ2n) is 6.78. The summed E-state index contributed by atoms with van der Waals surface area (Å²) in [5.74, 6) is -0.932. The summed E-state index contributed by atoms with van der Waals surface area (Å²) < 4.78 is 37.7. The van der Waals surface area contributed by atoms with Crippen molar-refractivity contribution in [3.63, 3.8) is 0 Å². The van der Waals surface area contributed by atoms with E-state index in [1.54, 1.807) is 12.1 Å². The lowest BCUT2D eigenvalue weighted by molar-refractivity contribution is 0.0985. The quantitative estimate of drug-likeness (QED) is 0.566. The maximum absolute atomic E-state index is 13.4. The van der Waals surface area contributed by atoms with Crippen molar-refractivity contribution >= 4 is 54.0 Å². The molecular weight excluding hydrogens is 437 g/mol. The predicted octanol–water partition coefficient (Wildman–Crippen LogP) is 3.70. The first-order valence-corrected chi connectivity index (χ1v) is 11.7. The highest BCUT2D eigenvalue weighted by atomic mass is 35.5. The number of fused-ring (bicyclic) bond motifs is 1. The van der Waals surface area contributed by atoms with Gasteiger partial charge in [0.25, 0.3) is 5.91 Å². The van der Waals surface area contributed by atoms with E-state index in [0.717, 1.165) is 12.3 Å². The van der Waals surface area contributed by atoms with E-state index >= 15 is 0 Å². The van der Waals surface area contributed by atoms with Crippen molar-refractivity contribution < 1.29 is 17.6 Å². The summed E-state index contributed by atoms with van der Waals surface area (Å²) in [5, 5.41) is 0.434. The van der Waals surface area contributed by atoms with Crippen LogP contribution in [0.1, 0.15) is 10.4 Å². The van der Waals surface area contributed by atoms with Crippen LogP contribution in [0.5, 0.6) is 0 Å². The number of carbonyl (C=O) groups excluding carboxylic acids is 1. The maximum atomic E-state index is 13.4. The first kappa shape index (κ1) is 21.6. The number of nitrogens with zero attached hydrogens (tertiary/aromatic N) is 3. The first-order valence-electron chi connectivity index (χ1n) is 8.58. The van der Waals surface area contributed by atoms with Crippen molar-refractivity contribution in [1.29, 1.82) is 0 Å². The van der Waals surface area contributed by atoms with Crippen LogP contribution in [0.15, 0.2) is 41.3 Å². The molecule has 0 N–H and O–H groups in total. The molecule has 29 heavy (non-hydrogen) atoms. The average molecular weight is 456 g/mol. The number of thiazole rings is 1. The van der Waals surface area contributed by atoms with E-state index in [2.05, 4.69) is 4.98 Å². The van der Waals surface area contributed by atoms with Crippen LogP contribution in [0.25, 0.3) is 10.2 Å². The molecule has 0 fully saturated rings. The molecule has 0 aliphatic rings. The average Bonchev–Trinajstić information content (AvgIpc) is 3.03. The number of likely N-dealkylation sites (N-methyl/N-ethyl adjacent to an activating group) is 1. The van der Waals surface area contributed by atoms with Crippen LogP contribution in [0.4, 0.5) is 9.52 Å². The van der Waals surface area contributed by atoms with Gasteiger partial charge in [-0.25, -0.2) is 17.8 Å². The number of hydrogen-bond donors (Lipinski definition) is 0. The third-order valence-corrected chi connectivity index (χ3v) is 6.65. The maximum Gasteiger partial charge on any atom is 0.261 e. The number of amides is 1. The second kappa shape index (κ2) is 8.35. The molecule has 0 saturated heterocycles. The van der Waals surface area contributed by atoms with Crippen LogP contribution in [0, 0.1) is 5.82 Å². The van der Waals surface area contributed by atoms with Gasteiger partial charge in [0.15, 0.2) is 15.0 Å². The zero-order chi connectivity index (χ0) is 21.3. The van der Waals surface area contributed by atoms with E-state index in [-0.39, 0.29) is 15.5 Å². The molecule has 0 atom stereocenters. The van der Waals surface area contributed by atoms with Gasteiger partial charge in [-0.1, -0.05) is 22.9 Å². The Morgan fingerprint density at radius 2 is 1.90 bits per heavy atom. The van der Waals surface area contributed by atoms with E-state index < -0.39 is 21.6 Å². The molecule has 0 saturated carbocycles. The van der Waals surface area contributed by atoms with Gasteiger partial charge in [-0.2, -0.15) is 0 Å². The van der Waals surface area contributed by atoms with Gasteiger partial charge < -0.3 is 4.90 Å². The zero-order valence-electron chi connectivity index (χ0n) is 16.0. The Kier molecular flexibility index (Phi) is 6.23. The van der Waals surface area contributed by atoms with Crippen molar-refractivity contribution in [2.45, 2.75) is 4.90 Å².